The van der Waals surface area contributed by atoms with Crippen LogP contribution in [-0.2, 0) is 14.4 Å². The van der Waals surface area contributed by atoms with Gasteiger partial charge in [0, 0.05) is 17.3 Å². The average Bonchev–Trinajstić information content (AvgIpc) is 2.99. The number of Topliss-reactive ketones (excluding diaryl/α,β-unsaturated/α-hetero) is 1. The van der Waals surface area contributed by atoms with Gasteiger partial charge < -0.3 is 5.11 Å². The van der Waals surface area contributed by atoms with Crippen LogP contribution in [0, 0.1) is 39.9 Å². The molecule has 5 heteroatoms. The standard InChI is InChI=1S/C24H31FO4/c1-13(2)24-10-17(25)16-9-14(27)7-8-22(16,3)21(24)18(28)11-23(4)15(19(29)12-26)5-6-20(23)24/h7-9,12-13,15,17-18,20-21,28H,5-6,10-11H2,1-4H3. The maximum atomic E-state index is 15.7. The highest BCUT2D eigenvalue weighted by Gasteiger charge is 2.71. The zero-order chi connectivity index (χ0) is 21.4. The van der Waals surface area contributed by atoms with E-state index in [1.54, 1.807) is 6.08 Å². The molecule has 0 aromatic carbocycles. The van der Waals surface area contributed by atoms with Crippen molar-refractivity contribution in [3.05, 3.63) is 23.8 Å². The van der Waals surface area contributed by atoms with Crippen molar-refractivity contribution in [2.75, 3.05) is 0 Å². The monoisotopic (exact) mass is 402 g/mol. The fourth-order valence-electron chi connectivity index (χ4n) is 8.16. The molecule has 0 saturated heterocycles. The van der Waals surface area contributed by atoms with Crippen LogP contribution in [0.3, 0.4) is 0 Å². The highest BCUT2D eigenvalue weighted by molar-refractivity contribution is 6.26. The fourth-order valence-corrected chi connectivity index (χ4v) is 8.16. The number of hydrogen-bond acceptors (Lipinski definition) is 4. The van der Waals surface area contributed by atoms with E-state index in [0.29, 0.717) is 24.7 Å². The smallest absolute Gasteiger partial charge is 0.198 e. The van der Waals surface area contributed by atoms with Gasteiger partial charge in [0.15, 0.2) is 17.9 Å². The quantitative estimate of drug-likeness (QED) is 0.578. The molecule has 0 aromatic rings. The summed E-state index contributed by atoms with van der Waals surface area (Å²) in [5.74, 6) is -1.13. The molecule has 0 amide bonds. The van der Waals surface area contributed by atoms with Gasteiger partial charge in [0.2, 0.25) is 0 Å². The van der Waals surface area contributed by atoms with E-state index in [4.69, 9.17) is 0 Å². The molecule has 4 nitrogen and oxygen atoms in total. The first-order valence-electron chi connectivity index (χ1n) is 10.8. The third kappa shape index (κ3) is 2.49. The van der Waals surface area contributed by atoms with Gasteiger partial charge in [-0.05, 0) is 66.1 Å². The Morgan fingerprint density at radius 1 is 1.28 bits per heavy atom. The first-order valence-corrected chi connectivity index (χ1v) is 10.8. The van der Waals surface area contributed by atoms with Crippen LogP contribution >= 0.6 is 0 Å². The van der Waals surface area contributed by atoms with Crippen LogP contribution in [0.1, 0.15) is 53.4 Å². The SMILES string of the molecule is CC(C)C12CC(F)C3=CC(=O)C=CC3(C)C1C(O)CC1(C)C(C(=O)C=O)CCC12. The van der Waals surface area contributed by atoms with Gasteiger partial charge in [0.05, 0.1) is 6.10 Å². The van der Waals surface area contributed by atoms with Crippen molar-refractivity contribution in [2.45, 2.75) is 65.7 Å². The molecule has 8 unspecified atom stereocenters. The molecule has 3 fully saturated rings. The van der Waals surface area contributed by atoms with E-state index >= 15 is 4.39 Å². The lowest BCUT2D eigenvalue weighted by Crippen LogP contribution is -2.66. The van der Waals surface area contributed by atoms with Crippen molar-refractivity contribution in [3.63, 3.8) is 0 Å². The second-order valence-electron chi connectivity index (χ2n) is 10.5. The Labute approximate surface area is 171 Å². The molecule has 4 aliphatic rings. The Hall–Kier alpha value is -1.62. The van der Waals surface area contributed by atoms with Gasteiger partial charge in [-0.25, -0.2) is 4.39 Å². The molecule has 29 heavy (non-hydrogen) atoms. The molecule has 0 aliphatic heterocycles. The van der Waals surface area contributed by atoms with Crippen LogP contribution in [0.4, 0.5) is 4.39 Å². The van der Waals surface area contributed by atoms with Gasteiger partial charge in [0.25, 0.3) is 0 Å². The zero-order valence-electron chi connectivity index (χ0n) is 17.7. The largest absolute Gasteiger partial charge is 0.393 e. The molecule has 0 aromatic heterocycles. The normalized spacial score (nSPS) is 48.6. The molecule has 0 bridgehead atoms. The third-order valence-corrected chi connectivity index (χ3v) is 9.16. The Balaban J connectivity index is 1.90. The minimum absolute atomic E-state index is 0.0416. The molecule has 4 rings (SSSR count). The number of rotatable bonds is 3. The summed E-state index contributed by atoms with van der Waals surface area (Å²) in [5, 5.41) is 11.5. The molecule has 0 spiro atoms. The van der Waals surface area contributed by atoms with Gasteiger partial charge >= 0.3 is 0 Å². The van der Waals surface area contributed by atoms with Crippen molar-refractivity contribution >= 4 is 17.9 Å². The molecule has 4 aliphatic carbocycles. The summed E-state index contributed by atoms with van der Waals surface area (Å²) >= 11 is 0. The van der Waals surface area contributed by atoms with Crippen molar-refractivity contribution < 1.29 is 23.9 Å². The van der Waals surface area contributed by atoms with Gasteiger partial charge in [-0.1, -0.05) is 33.8 Å². The Morgan fingerprint density at radius 2 is 1.97 bits per heavy atom. The number of carbonyl (C=O) groups is 3. The van der Waals surface area contributed by atoms with E-state index in [-0.39, 0.29) is 30.0 Å². The van der Waals surface area contributed by atoms with E-state index < -0.39 is 40.2 Å². The van der Waals surface area contributed by atoms with Crippen LogP contribution in [-0.4, -0.2) is 35.2 Å². The number of ketones is 2. The third-order valence-electron chi connectivity index (χ3n) is 9.16. The molecule has 158 valence electrons. The number of aliphatic hydroxyl groups excluding tert-OH is 1. The number of halogens is 1. The van der Waals surface area contributed by atoms with E-state index in [2.05, 4.69) is 13.8 Å². The highest BCUT2D eigenvalue weighted by atomic mass is 19.1. The van der Waals surface area contributed by atoms with Gasteiger partial charge in [-0.15, -0.1) is 0 Å². The number of aldehydes is 1. The average molecular weight is 403 g/mol. The summed E-state index contributed by atoms with van der Waals surface area (Å²) in [6.45, 7) is 8.14. The topological polar surface area (TPSA) is 71.4 Å². The first kappa shape index (κ1) is 20.6. The molecule has 8 atom stereocenters. The number of alkyl halides is 1. The van der Waals surface area contributed by atoms with Crippen molar-refractivity contribution in [2.24, 2.45) is 39.9 Å². The number of hydrogen-bond donors (Lipinski definition) is 1. The summed E-state index contributed by atoms with van der Waals surface area (Å²) in [4.78, 5) is 35.7. The van der Waals surface area contributed by atoms with Gasteiger partial charge in [0.1, 0.15) is 6.17 Å². The molecular weight excluding hydrogens is 371 g/mol. The predicted octanol–water partition coefficient (Wildman–Crippen LogP) is 3.62. The maximum absolute atomic E-state index is 15.7. The summed E-state index contributed by atoms with van der Waals surface area (Å²) in [6, 6.07) is 0. The predicted molar refractivity (Wildman–Crippen MR) is 107 cm³/mol. The second-order valence-corrected chi connectivity index (χ2v) is 10.5. The van der Waals surface area contributed by atoms with Crippen molar-refractivity contribution in [1.29, 1.82) is 0 Å². The Kier molecular flexibility index (Phi) is 4.58. The molecular formula is C24H31FO4. The highest BCUT2D eigenvalue weighted by Crippen LogP contribution is 2.73. The summed E-state index contributed by atoms with van der Waals surface area (Å²) in [6.07, 6.45) is 5.16. The summed E-state index contributed by atoms with van der Waals surface area (Å²) < 4.78 is 15.7. The van der Waals surface area contributed by atoms with E-state index in [9.17, 15) is 19.5 Å². The first-order chi connectivity index (χ1) is 13.5. The van der Waals surface area contributed by atoms with Gasteiger partial charge in [-0.2, -0.15) is 0 Å². The van der Waals surface area contributed by atoms with Crippen LogP contribution in [0.2, 0.25) is 0 Å². The van der Waals surface area contributed by atoms with Crippen LogP contribution < -0.4 is 0 Å². The molecule has 3 saturated carbocycles. The van der Waals surface area contributed by atoms with E-state index in [0.717, 1.165) is 6.42 Å². The molecule has 0 radical (unpaired) electrons. The summed E-state index contributed by atoms with van der Waals surface area (Å²) in [5.41, 5.74) is -1.29. The lowest BCUT2D eigenvalue weighted by molar-refractivity contribution is -0.201. The number of aliphatic hydroxyl groups is 1. The van der Waals surface area contributed by atoms with E-state index in [1.807, 2.05) is 13.8 Å². The number of allylic oxidation sites excluding steroid dienone is 4. The van der Waals surface area contributed by atoms with Gasteiger partial charge in [-0.3, -0.25) is 14.4 Å². The minimum atomic E-state index is -1.26. The van der Waals surface area contributed by atoms with Crippen LogP contribution in [0.25, 0.3) is 0 Å². The van der Waals surface area contributed by atoms with Crippen molar-refractivity contribution in [3.8, 4) is 0 Å². The Bertz CT molecular complexity index is 829. The van der Waals surface area contributed by atoms with Crippen LogP contribution in [0.15, 0.2) is 23.8 Å². The lowest BCUT2D eigenvalue weighted by Gasteiger charge is -2.67. The maximum Gasteiger partial charge on any atom is 0.198 e. The molecule has 0 heterocycles. The Morgan fingerprint density at radius 3 is 2.59 bits per heavy atom. The summed E-state index contributed by atoms with van der Waals surface area (Å²) in [7, 11) is 0. The zero-order valence-corrected chi connectivity index (χ0v) is 17.7. The minimum Gasteiger partial charge on any atom is -0.393 e. The molecule has 1 N–H and O–H groups in total. The van der Waals surface area contributed by atoms with Crippen LogP contribution in [0.5, 0.6) is 0 Å². The fraction of sp³-hybridized carbons (Fsp3) is 0.708. The van der Waals surface area contributed by atoms with E-state index in [1.165, 1.54) is 12.2 Å². The van der Waals surface area contributed by atoms with Crippen molar-refractivity contribution in [1.82, 2.24) is 0 Å². The number of carbonyl (C=O) groups excluding carboxylic acids is 3. The lowest BCUT2D eigenvalue weighted by atomic mass is 9.37. The number of fused-ring (bicyclic) bond motifs is 5. The second kappa shape index (κ2) is 6.44.